The van der Waals surface area contributed by atoms with Crippen LogP contribution in [0, 0.1) is 11.8 Å². The molecule has 0 aromatic carbocycles. The number of rotatable bonds is 21. The van der Waals surface area contributed by atoms with Crippen LogP contribution in [0.2, 0.25) is 103 Å². The number of cyclic esters (lactones) is 2. The van der Waals surface area contributed by atoms with Gasteiger partial charge in [0.1, 0.15) is 0 Å². The molecule has 344 valence electrons. The highest BCUT2D eigenvalue weighted by Crippen LogP contribution is 2.33. The number of hydrogen-bond donors (Lipinski definition) is 1. The van der Waals surface area contributed by atoms with Crippen LogP contribution >= 0.6 is 0 Å². The second-order valence-corrected chi connectivity index (χ2v) is 42.8. The molecular weight excluding hydrogens is 817 g/mol. The van der Waals surface area contributed by atoms with Gasteiger partial charge in [-0.2, -0.15) is 9.59 Å². The number of esters is 2. The van der Waals surface area contributed by atoms with Crippen LogP contribution in [0.4, 0.5) is 0 Å². The fourth-order valence-corrected chi connectivity index (χ4v) is 31.6. The molecule has 2 unspecified atom stereocenters. The predicted octanol–water partition coefficient (Wildman–Crippen LogP) is 11.9. The molecule has 18 heteroatoms. The number of carbonyl (C=O) groups excluding carboxylic acids is 4. The summed E-state index contributed by atoms with van der Waals surface area (Å²) in [4.78, 5) is 50.1. The SMILES string of the molecule is C.C.C.C.C.C.CCC[Si](CCCC(C)C(=O)O)(O[Si](C)(C)C)O[Si](C)(C)C.CCC[Si](CCCC1CC(=O)OC1=O)(O[Si](C)(C)C)O[Si](C)(C)C.O.O=C=O. The van der Waals surface area contributed by atoms with Crippen molar-refractivity contribution in [1.82, 2.24) is 0 Å². The Morgan fingerprint density at radius 3 is 1.21 bits per heavy atom. The van der Waals surface area contributed by atoms with Crippen molar-refractivity contribution in [1.29, 1.82) is 0 Å². The van der Waals surface area contributed by atoms with Gasteiger partial charge in [-0.3, -0.25) is 14.4 Å². The van der Waals surface area contributed by atoms with E-state index in [0.29, 0.717) is 12.8 Å². The number of aliphatic carboxylic acids is 1. The highest BCUT2D eigenvalue weighted by molar-refractivity contribution is 6.89. The van der Waals surface area contributed by atoms with Gasteiger partial charge in [-0.25, -0.2) is 0 Å². The standard InChI is InChI=1S/C16H34O5Si3.C15H36O4Si3.CO2.6CH4.H2O/c1-8-11-24(20-22(2,3)4,21-23(5,6)7)12-9-10-14-13-15(17)19-16(14)18;1-9-12-22(18-20(3,4)5,19-21(6,7)8)13-10-11-14(2)15(16)17;2-1-3;;;;;;;/h14H,8-13H2,1-7H3;14H,9-13H2,1-8H3,(H,16,17);;6*1H4;1H2. The maximum absolute atomic E-state index is 11.6. The first-order valence-corrected chi connectivity index (χ1v) is 35.9. The lowest BCUT2D eigenvalue weighted by Crippen LogP contribution is -2.54. The summed E-state index contributed by atoms with van der Waals surface area (Å²) in [6.07, 6.45) is 5.72. The van der Waals surface area contributed by atoms with Crippen molar-refractivity contribution in [2.45, 2.75) is 213 Å². The van der Waals surface area contributed by atoms with E-state index in [2.05, 4.69) is 97.1 Å². The van der Waals surface area contributed by atoms with E-state index < -0.39 is 62.3 Å². The van der Waals surface area contributed by atoms with E-state index in [1.54, 1.807) is 6.92 Å². The smallest absolute Gasteiger partial charge is 0.373 e. The van der Waals surface area contributed by atoms with Crippen molar-refractivity contribution in [3.8, 4) is 0 Å². The minimum absolute atomic E-state index is 0. The minimum atomic E-state index is -2.29. The predicted molar refractivity (Wildman–Crippen MR) is 253 cm³/mol. The zero-order chi connectivity index (χ0) is 38.9. The van der Waals surface area contributed by atoms with Gasteiger partial charge >= 0.3 is 41.2 Å². The molecule has 1 heterocycles. The van der Waals surface area contributed by atoms with Crippen LogP contribution in [0.1, 0.15) is 110 Å². The molecule has 1 saturated heterocycles. The van der Waals surface area contributed by atoms with E-state index in [9.17, 15) is 14.4 Å². The maximum atomic E-state index is 11.6. The molecule has 3 N–H and O–H groups in total. The van der Waals surface area contributed by atoms with Gasteiger partial charge in [0.2, 0.25) is 0 Å². The lowest BCUT2D eigenvalue weighted by Gasteiger charge is -2.41. The molecule has 1 rings (SSSR count). The summed E-state index contributed by atoms with van der Waals surface area (Å²) in [6.45, 7) is 32.7. The van der Waals surface area contributed by atoms with Gasteiger partial charge in [0.15, 0.2) is 33.3 Å². The van der Waals surface area contributed by atoms with Crippen molar-refractivity contribution in [2.24, 2.45) is 11.8 Å². The Kier molecular flexibility index (Phi) is 45.9. The van der Waals surface area contributed by atoms with Gasteiger partial charge < -0.3 is 31.8 Å². The molecule has 0 amide bonds. The van der Waals surface area contributed by atoms with Crippen LogP contribution in [-0.4, -0.2) is 85.0 Å². The van der Waals surface area contributed by atoms with Crippen molar-refractivity contribution in [3.05, 3.63) is 0 Å². The monoisotopic (exact) mass is 913 g/mol. The van der Waals surface area contributed by atoms with E-state index in [1.165, 1.54) is 0 Å². The highest BCUT2D eigenvalue weighted by atomic mass is 28.5. The largest absolute Gasteiger partial charge is 0.481 e. The van der Waals surface area contributed by atoms with Crippen molar-refractivity contribution < 1.29 is 55.8 Å². The molecule has 12 nitrogen and oxygen atoms in total. The van der Waals surface area contributed by atoms with Crippen LogP contribution in [0.5, 0.6) is 0 Å². The van der Waals surface area contributed by atoms with E-state index in [1.807, 2.05) is 0 Å². The Morgan fingerprint density at radius 2 is 0.982 bits per heavy atom. The molecule has 0 aliphatic carbocycles. The summed E-state index contributed by atoms with van der Waals surface area (Å²) in [5.74, 6) is -2.02. The lowest BCUT2D eigenvalue weighted by atomic mass is 10.0. The molecular formula is C38H96O12Si6. The van der Waals surface area contributed by atoms with Crippen LogP contribution in [-0.2, 0) is 45.2 Å². The van der Waals surface area contributed by atoms with Gasteiger partial charge in [0.05, 0.1) is 18.3 Å². The van der Waals surface area contributed by atoms with E-state index in [0.717, 1.165) is 49.9 Å². The Morgan fingerprint density at radius 1 is 0.679 bits per heavy atom. The van der Waals surface area contributed by atoms with E-state index in [-0.39, 0.29) is 80.4 Å². The summed E-state index contributed by atoms with van der Waals surface area (Å²) in [7, 11) is -11.3. The molecule has 1 aliphatic heterocycles. The van der Waals surface area contributed by atoms with Crippen molar-refractivity contribution in [3.63, 3.8) is 0 Å². The summed E-state index contributed by atoms with van der Waals surface area (Å²) < 4.78 is 31.2. The van der Waals surface area contributed by atoms with Crippen molar-refractivity contribution >= 4 is 74.5 Å². The Balaban J connectivity index is -0.0000000944. The van der Waals surface area contributed by atoms with Crippen molar-refractivity contribution in [2.75, 3.05) is 0 Å². The molecule has 0 radical (unpaired) electrons. The third-order valence-electron chi connectivity index (χ3n) is 6.92. The average Bonchev–Trinajstić information content (AvgIpc) is 3.17. The normalized spacial score (nSPS) is 14.4. The summed E-state index contributed by atoms with van der Waals surface area (Å²) >= 11 is 0. The molecule has 0 spiro atoms. The quantitative estimate of drug-likeness (QED) is 0.0657. The van der Waals surface area contributed by atoms with Crippen LogP contribution in [0.25, 0.3) is 0 Å². The van der Waals surface area contributed by atoms with Gasteiger partial charge in [0.25, 0.3) is 0 Å². The second kappa shape index (κ2) is 33.9. The summed E-state index contributed by atoms with van der Waals surface area (Å²) in [5, 5.41) is 9.05. The number of hydrogen-bond acceptors (Lipinski definition) is 10. The molecule has 0 bridgehead atoms. The first-order valence-electron chi connectivity index (χ1n) is 17.8. The van der Waals surface area contributed by atoms with Gasteiger partial charge in [0, 0.05) is 0 Å². The molecule has 1 aliphatic rings. The molecule has 0 aromatic heterocycles. The van der Waals surface area contributed by atoms with Gasteiger partial charge in [-0.1, -0.05) is 91.0 Å². The topological polar surface area (TPSA) is 183 Å². The van der Waals surface area contributed by atoms with Gasteiger partial charge in [-0.05, 0) is 116 Å². The molecule has 0 aromatic rings. The number of carboxylic acid groups (broad SMARTS) is 1. The second-order valence-electron chi connectivity index (χ2n) is 17.0. The zero-order valence-electron chi connectivity index (χ0n) is 34.0. The number of ether oxygens (including phenoxy) is 1. The first-order chi connectivity index (χ1) is 22.1. The third kappa shape index (κ3) is 38.6. The van der Waals surface area contributed by atoms with Crippen LogP contribution < -0.4 is 0 Å². The van der Waals surface area contributed by atoms with E-state index >= 15 is 0 Å². The number of carbonyl (C=O) groups is 3. The lowest BCUT2D eigenvalue weighted by molar-refractivity contribution is -0.191. The van der Waals surface area contributed by atoms with E-state index in [4.69, 9.17) is 31.2 Å². The molecule has 56 heavy (non-hydrogen) atoms. The molecule has 1 fully saturated rings. The first kappa shape index (κ1) is 75.9. The van der Waals surface area contributed by atoms with Gasteiger partial charge in [-0.15, -0.1) is 0 Å². The minimum Gasteiger partial charge on any atom is -0.481 e. The summed E-state index contributed by atoms with van der Waals surface area (Å²) in [5.41, 5.74) is 0. The highest BCUT2D eigenvalue weighted by Gasteiger charge is 2.45. The molecule has 2 atom stereocenters. The maximum Gasteiger partial charge on any atom is 0.373 e. The Bertz CT molecular complexity index is 1010. The van der Waals surface area contributed by atoms with Crippen LogP contribution in [0.3, 0.4) is 0 Å². The summed E-state index contributed by atoms with van der Waals surface area (Å²) in [6, 6.07) is 3.83. The Hall–Kier alpha value is -0.909. The number of carboxylic acids is 1. The third-order valence-corrected chi connectivity index (χ3v) is 27.4. The Labute approximate surface area is 353 Å². The zero-order valence-corrected chi connectivity index (χ0v) is 40.0. The fourth-order valence-electron chi connectivity index (χ4n) is 5.85. The van der Waals surface area contributed by atoms with Crippen LogP contribution in [0.15, 0.2) is 0 Å². The average molecular weight is 914 g/mol. The molecule has 0 saturated carbocycles. The fraction of sp³-hybridized carbons (Fsp3) is 0.895.